The zero-order chi connectivity index (χ0) is 19.2. The zero-order valence-corrected chi connectivity index (χ0v) is 16.1. The van der Waals surface area contributed by atoms with E-state index in [-0.39, 0.29) is 5.91 Å². The van der Waals surface area contributed by atoms with E-state index in [1.54, 1.807) is 12.1 Å². The average Bonchev–Trinajstić information content (AvgIpc) is 2.69. The maximum Gasteiger partial charge on any atom is 0.251 e. The molecule has 136 valence electrons. The van der Waals surface area contributed by atoms with Crippen molar-refractivity contribution in [1.29, 1.82) is 0 Å². The Morgan fingerprint density at radius 3 is 2.07 bits per heavy atom. The largest absolute Gasteiger partial charge is 0.368 e. The fourth-order valence-electron chi connectivity index (χ4n) is 2.79. The lowest BCUT2D eigenvalue weighted by molar-refractivity contribution is -0.119. The molecule has 0 saturated heterocycles. The van der Waals surface area contributed by atoms with Crippen molar-refractivity contribution < 1.29 is 9.59 Å². The van der Waals surface area contributed by atoms with Gasteiger partial charge in [0.15, 0.2) is 0 Å². The third-order valence-corrected chi connectivity index (χ3v) is 5.06. The minimum atomic E-state index is -0.787. The second-order valence-corrected chi connectivity index (χ2v) is 7.02. The summed E-state index contributed by atoms with van der Waals surface area (Å²) >= 11 is 3.45. The Kier molecular flexibility index (Phi) is 6.04. The molecule has 3 N–H and O–H groups in total. The number of amides is 2. The molecule has 0 aromatic heterocycles. The molecule has 0 unspecified atom stereocenters. The van der Waals surface area contributed by atoms with E-state index in [0.717, 1.165) is 21.2 Å². The van der Waals surface area contributed by atoms with Crippen molar-refractivity contribution in [2.45, 2.75) is 12.5 Å². The number of hydrogen-bond donors (Lipinski definition) is 2. The van der Waals surface area contributed by atoms with Gasteiger partial charge in [-0.3, -0.25) is 9.59 Å². The summed E-state index contributed by atoms with van der Waals surface area (Å²) in [7, 11) is 0. The minimum Gasteiger partial charge on any atom is -0.368 e. The Hall–Kier alpha value is -2.92. The minimum absolute atomic E-state index is 0.324. The molecule has 3 aromatic rings. The Morgan fingerprint density at radius 2 is 1.44 bits per heavy atom. The highest BCUT2D eigenvalue weighted by atomic mass is 79.9. The van der Waals surface area contributed by atoms with Crippen LogP contribution in [0.1, 0.15) is 15.9 Å². The van der Waals surface area contributed by atoms with Crippen LogP contribution in [0.5, 0.6) is 0 Å². The highest BCUT2D eigenvalue weighted by Gasteiger charge is 2.20. The summed E-state index contributed by atoms with van der Waals surface area (Å²) < 4.78 is 0.873. The SMILES string of the molecule is NC(=O)[C@H](Cc1ccccc1Br)NC(=O)c1ccc(-c2ccccc2)cc1. The van der Waals surface area contributed by atoms with Crippen molar-refractivity contribution in [2.75, 3.05) is 0 Å². The molecule has 2 amide bonds. The van der Waals surface area contributed by atoms with Crippen molar-refractivity contribution >= 4 is 27.7 Å². The predicted molar refractivity (Wildman–Crippen MR) is 110 cm³/mol. The number of nitrogens with one attached hydrogen (secondary N) is 1. The molecule has 0 aliphatic heterocycles. The standard InChI is InChI=1S/C22H19BrN2O2/c23-19-9-5-4-8-18(19)14-20(21(24)26)25-22(27)17-12-10-16(11-13-17)15-6-2-1-3-7-15/h1-13,20H,14H2,(H2,24,26)(H,25,27)/t20-/m0/s1. The van der Waals surface area contributed by atoms with Gasteiger partial charge in [0.25, 0.3) is 5.91 Å². The highest BCUT2D eigenvalue weighted by molar-refractivity contribution is 9.10. The summed E-state index contributed by atoms with van der Waals surface area (Å²) in [5.74, 6) is -0.898. The number of halogens is 1. The third-order valence-electron chi connectivity index (χ3n) is 4.28. The van der Waals surface area contributed by atoms with Gasteiger partial charge < -0.3 is 11.1 Å². The van der Waals surface area contributed by atoms with Crippen LogP contribution in [-0.4, -0.2) is 17.9 Å². The van der Waals surface area contributed by atoms with E-state index in [1.165, 1.54) is 0 Å². The summed E-state index contributed by atoms with van der Waals surface area (Å²) in [6.07, 6.45) is 0.324. The molecule has 5 heteroatoms. The third kappa shape index (κ3) is 4.83. The number of hydrogen-bond acceptors (Lipinski definition) is 2. The molecule has 1 atom stereocenters. The van der Waals surface area contributed by atoms with Gasteiger partial charge in [-0.05, 0) is 34.9 Å². The van der Waals surface area contributed by atoms with Gasteiger partial charge in [-0.25, -0.2) is 0 Å². The molecule has 3 rings (SSSR count). The van der Waals surface area contributed by atoms with Crippen molar-refractivity contribution in [1.82, 2.24) is 5.32 Å². The van der Waals surface area contributed by atoms with E-state index in [9.17, 15) is 9.59 Å². The molecule has 4 nitrogen and oxygen atoms in total. The van der Waals surface area contributed by atoms with Gasteiger partial charge in [-0.2, -0.15) is 0 Å². The van der Waals surface area contributed by atoms with Gasteiger partial charge in [0.2, 0.25) is 5.91 Å². The van der Waals surface area contributed by atoms with Gasteiger partial charge >= 0.3 is 0 Å². The van der Waals surface area contributed by atoms with Gasteiger partial charge in [-0.1, -0.05) is 76.6 Å². The van der Waals surface area contributed by atoms with Crippen LogP contribution in [0.4, 0.5) is 0 Å². The summed E-state index contributed by atoms with van der Waals surface area (Å²) in [5, 5.41) is 2.73. The monoisotopic (exact) mass is 422 g/mol. The molecule has 3 aromatic carbocycles. The highest BCUT2D eigenvalue weighted by Crippen LogP contribution is 2.20. The second kappa shape index (κ2) is 8.64. The fourth-order valence-corrected chi connectivity index (χ4v) is 3.24. The number of rotatable bonds is 6. The van der Waals surface area contributed by atoms with E-state index >= 15 is 0 Å². The van der Waals surface area contributed by atoms with E-state index < -0.39 is 11.9 Å². The molecule has 27 heavy (non-hydrogen) atoms. The van der Waals surface area contributed by atoms with E-state index in [2.05, 4.69) is 21.2 Å². The lowest BCUT2D eigenvalue weighted by Gasteiger charge is -2.16. The maximum atomic E-state index is 12.6. The van der Waals surface area contributed by atoms with Crippen LogP contribution in [0, 0.1) is 0 Å². The summed E-state index contributed by atoms with van der Waals surface area (Å²) in [6, 6.07) is 23.9. The summed E-state index contributed by atoms with van der Waals surface area (Å²) in [4.78, 5) is 24.4. The van der Waals surface area contributed by atoms with Crippen molar-refractivity contribution in [3.63, 3.8) is 0 Å². The molecular formula is C22H19BrN2O2. The van der Waals surface area contributed by atoms with Gasteiger partial charge in [0.1, 0.15) is 6.04 Å². The zero-order valence-electron chi connectivity index (χ0n) is 14.6. The Morgan fingerprint density at radius 1 is 0.852 bits per heavy atom. The fraction of sp³-hybridized carbons (Fsp3) is 0.0909. The molecule has 0 heterocycles. The Balaban J connectivity index is 1.72. The second-order valence-electron chi connectivity index (χ2n) is 6.17. The van der Waals surface area contributed by atoms with Crippen LogP contribution in [0.2, 0.25) is 0 Å². The molecule has 0 bridgehead atoms. The Bertz CT molecular complexity index is 940. The number of carbonyl (C=O) groups is 2. The quantitative estimate of drug-likeness (QED) is 0.631. The van der Waals surface area contributed by atoms with Crippen molar-refractivity contribution in [3.8, 4) is 11.1 Å². The van der Waals surface area contributed by atoms with Gasteiger partial charge in [0.05, 0.1) is 0 Å². The van der Waals surface area contributed by atoms with Crippen LogP contribution in [0.25, 0.3) is 11.1 Å². The molecule has 0 radical (unpaired) electrons. The van der Waals surface area contributed by atoms with Crippen LogP contribution >= 0.6 is 15.9 Å². The van der Waals surface area contributed by atoms with Gasteiger partial charge in [0, 0.05) is 16.5 Å². The summed E-state index contributed by atoms with van der Waals surface area (Å²) in [5.41, 5.74) is 8.97. The molecular weight excluding hydrogens is 404 g/mol. The van der Waals surface area contributed by atoms with Crippen LogP contribution in [-0.2, 0) is 11.2 Å². The molecule has 0 fully saturated rings. The topological polar surface area (TPSA) is 72.2 Å². The number of nitrogens with two attached hydrogens (primary N) is 1. The number of primary amides is 1. The molecule has 0 saturated carbocycles. The Labute approximate surface area is 166 Å². The molecule has 0 spiro atoms. The lowest BCUT2D eigenvalue weighted by Crippen LogP contribution is -2.45. The van der Waals surface area contributed by atoms with E-state index in [4.69, 9.17) is 5.73 Å². The van der Waals surface area contributed by atoms with E-state index in [1.807, 2.05) is 66.7 Å². The summed E-state index contributed by atoms with van der Waals surface area (Å²) in [6.45, 7) is 0. The molecule has 0 aliphatic rings. The van der Waals surface area contributed by atoms with Crippen molar-refractivity contribution in [3.05, 3.63) is 94.5 Å². The average molecular weight is 423 g/mol. The first kappa shape index (κ1) is 18.9. The molecule has 0 aliphatic carbocycles. The van der Waals surface area contributed by atoms with Gasteiger partial charge in [-0.15, -0.1) is 0 Å². The van der Waals surface area contributed by atoms with E-state index in [0.29, 0.717) is 12.0 Å². The lowest BCUT2D eigenvalue weighted by atomic mass is 10.0. The van der Waals surface area contributed by atoms with Crippen LogP contribution in [0.15, 0.2) is 83.3 Å². The van der Waals surface area contributed by atoms with Crippen LogP contribution in [0.3, 0.4) is 0 Å². The predicted octanol–water partition coefficient (Wildman–Crippen LogP) is 3.94. The normalized spacial score (nSPS) is 11.6. The number of carbonyl (C=O) groups excluding carboxylic acids is 2. The van der Waals surface area contributed by atoms with Crippen molar-refractivity contribution in [2.24, 2.45) is 5.73 Å². The maximum absolute atomic E-state index is 12.6. The first-order valence-electron chi connectivity index (χ1n) is 8.53. The smallest absolute Gasteiger partial charge is 0.251 e. The first-order valence-corrected chi connectivity index (χ1v) is 9.33. The number of benzene rings is 3. The van der Waals surface area contributed by atoms with Crippen LogP contribution < -0.4 is 11.1 Å². The first-order chi connectivity index (χ1) is 13.0.